The van der Waals surface area contributed by atoms with E-state index in [1.807, 2.05) is 0 Å². The van der Waals surface area contributed by atoms with E-state index >= 15 is 0 Å². The van der Waals surface area contributed by atoms with E-state index in [0.717, 1.165) is 10.9 Å². The molecule has 7 nitrogen and oxygen atoms in total. The highest BCUT2D eigenvalue weighted by Crippen LogP contribution is 2.21. The molecule has 3 N–H and O–H groups in total. The van der Waals surface area contributed by atoms with Gasteiger partial charge < -0.3 is 15.7 Å². The maximum Gasteiger partial charge on any atom is 0.405 e. The van der Waals surface area contributed by atoms with Gasteiger partial charge in [0, 0.05) is 0 Å². The summed E-state index contributed by atoms with van der Waals surface area (Å²) < 4.78 is 50.7. The summed E-state index contributed by atoms with van der Waals surface area (Å²) in [5, 5.41) is 17.6. The van der Waals surface area contributed by atoms with Gasteiger partial charge in [0.05, 0.1) is 11.9 Å². The Kier molecular flexibility index (Phi) is 5.72. The quantitative estimate of drug-likeness (QED) is 0.681. The Morgan fingerprint density at radius 1 is 1.33 bits per heavy atom. The summed E-state index contributed by atoms with van der Waals surface area (Å²) in [6.45, 7) is 1.25. The van der Waals surface area contributed by atoms with Crippen molar-refractivity contribution in [2.24, 2.45) is 0 Å². The lowest BCUT2D eigenvalue weighted by Crippen LogP contribution is -2.47. The summed E-state index contributed by atoms with van der Waals surface area (Å²) in [4.78, 5) is 23.8. The smallest absolute Gasteiger partial charge is 0.405 e. The molecule has 2 amide bonds. The molecule has 0 fully saturated rings. The minimum absolute atomic E-state index is 0.404. The predicted molar refractivity (Wildman–Crippen MR) is 85.9 cm³/mol. The van der Waals surface area contributed by atoms with Crippen molar-refractivity contribution in [1.82, 2.24) is 20.4 Å². The van der Waals surface area contributed by atoms with Crippen molar-refractivity contribution in [3.05, 3.63) is 41.5 Å². The third kappa shape index (κ3) is 5.19. The Balaban J connectivity index is 2.11. The highest BCUT2D eigenvalue weighted by molar-refractivity contribution is 5.97. The number of aromatic hydroxyl groups is 1. The second kappa shape index (κ2) is 7.64. The SMILES string of the molecule is Cc1cc(F)ccc1-n1cc(O)c(C(=O)NC(C)C(=O)NCC(F)(F)F)n1. The van der Waals surface area contributed by atoms with Gasteiger partial charge in [0.2, 0.25) is 5.91 Å². The monoisotopic (exact) mass is 388 g/mol. The third-order valence-corrected chi connectivity index (χ3v) is 3.52. The van der Waals surface area contributed by atoms with Crippen LogP contribution in [0.3, 0.4) is 0 Å². The molecule has 2 aromatic rings. The zero-order valence-corrected chi connectivity index (χ0v) is 14.3. The molecule has 0 aliphatic heterocycles. The number of hydrogen-bond donors (Lipinski definition) is 3. The van der Waals surface area contributed by atoms with Gasteiger partial charge >= 0.3 is 6.18 Å². The summed E-state index contributed by atoms with van der Waals surface area (Å²) in [7, 11) is 0. The lowest BCUT2D eigenvalue weighted by atomic mass is 10.2. The summed E-state index contributed by atoms with van der Waals surface area (Å²) in [5.74, 6) is -2.99. The summed E-state index contributed by atoms with van der Waals surface area (Å²) in [6, 6.07) is 2.51. The maximum absolute atomic E-state index is 13.2. The number of nitrogens with one attached hydrogen (secondary N) is 2. The molecule has 11 heteroatoms. The molecular weight excluding hydrogens is 372 g/mol. The second-order valence-corrected chi connectivity index (χ2v) is 5.77. The van der Waals surface area contributed by atoms with Crippen LogP contribution in [0.25, 0.3) is 5.69 Å². The molecular formula is C16H16F4N4O3. The van der Waals surface area contributed by atoms with Crippen molar-refractivity contribution in [2.45, 2.75) is 26.1 Å². The van der Waals surface area contributed by atoms with Crippen LogP contribution in [-0.2, 0) is 4.79 Å². The highest BCUT2D eigenvalue weighted by atomic mass is 19.4. The van der Waals surface area contributed by atoms with Crippen molar-refractivity contribution in [3.63, 3.8) is 0 Å². The van der Waals surface area contributed by atoms with E-state index in [1.165, 1.54) is 25.1 Å². The largest absolute Gasteiger partial charge is 0.504 e. The average molecular weight is 388 g/mol. The zero-order valence-electron chi connectivity index (χ0n) is 14.3. The maximum atomic E-state index is 13.2. The molecule has 0 bridgehead atoms. The topological polar surface area (TPSA) is 96.3 Å². The van der Waals surface area contributed by atoms with Gasteiger partial charge in [-0.05, 0) is 37.6 Å². The molecule has 1 atom stereocenters. The average Bonchev–Trinajstić information content (AvgIpc) is 2.93. The van der Waals surface area contributed by atoms with Crippen LogP contribution in [0, 0.1) is 12.7 Å². The van der Waals surface area contributed by atoms with Crippen LogP contribution in [0.4, 0.5) is 17.6 Å². The van der Waals surface area contributed by atoms with E-state index in [0.29, 0.717) is 11.3 Å². The van der Waals surface area contributed by atoms with Crippen LogP contribution in [0.15, 0.2) is 24.4 Å². The van der Waals surface area contributed by atoms with Gasteiger partial charge in [-0.15, -0.1) is 0 Å². The molecule has 27 heavy (non-hydrogen) atoms. The van der Waals surface area contributed by atoms with Gasteiger partial charge in [-0.25, -0.2) is 9.07 Å². The van der Waals surface area contributed by atoms with Gasteiger partial charge in [0.1, 0.15) is 18.4 Å². The molecule has 1 aromatic carbocycles. The zero-order chi connectivity index (χ0) is 20.4. The second-order valence-electron chi connectivity index (χ2n) is 5.77. The number of benzene rings is 1. The molecule has 0 aliphatic carbocycles. The number of alkyl halides is 3. The van der Waals surface area contributed by atoms with E-state index in [4.69, 9.17) is 0 Å². The number of carbonyl (C=O) groups is 2. The Hall–Kier alpha value is -3.11. The van der Waals surface area contributed by atoms with Crippen molar-refractivity contribution in [1.29, 1.82) is 0 Å². The van der Waals surface area contributed by atoms with E-state index in [1.54, 1.807) is 12.2 Å². The molecule has 0 saturated carbocycles. The minimum atomic E-state index is -4.58. The number of aromatic nitrogens is 2. The fraction of sp³-hybridized carbons (Fsp3) is 0.312. The molecule has 1 aromatic heterocycles. The number of aryl methyl sites for hydroxylation is 1. The lowest BCUT2D eigenvalue weighted by molar-refractivity contribution is -0.139. The van der Waals surface area contributed by atoms with Gasteiger partial charge in [0.15, 0.2) is 11.4 Å². The fourth-order valence-electron chi connectivity index (χ4n) is 2.20. The number of hydrogen-bond acceptors (Lipinski definition) is 4. The molecule has 0 radical (unpaired) electrons. The van der Waals surface area contributed by atoms with Gasteiger partial charge in [-0.1, -0.05) is 0 Å². The minimum Gasteiger partial charge on any atom is -0.504 e. The molecule has 146 valence electrons. The van der Waals surface area contributed by atoms with Gasteiger partial charge in [-0.3, -0.25) is 9.59 Å². The van der Waals surface area contributed by atoms with Crippen LogP contribution < -0.4 is 10.6 Å². The van der Waals surface area contributed by atoms with Crippen LogP contribution in [-0.4, -0.2) is 45.5 Å². The van der Waals surface area contributed by atoms with Crippen molar-refractivity contribution in [2.75, 3.05) is 6.54 Å². The van der Waals surface area contributed by atoms with Crippen molar-refractivity contribution in [3.8, 4) is 11.4 Å². The first-order valence-electron chi connectivity index (χ1n) is 7.68. The highest BCUT2D eigenvalue weighted by Gasteiger charge is 2.29. The standard InChI is InChI=1S/C16H16F4N4O3/c1-8-5-10(17)3-4-11(8)24-6-12(25)13(23-24)15(27)22-9(2)14(26)21-7-16(18,19)20/h3-6,9,25H,7H2,1-2H3,(H,21,26)(H,22,27). The third-order valence-electron chi connectivity index (χ3n) is 3.52. The lowest BCUT2D eigenvalue weighted by Gasteiger charge is -2.14. The number of carbonyl (C=O) groups excluding carboxylic acids is 2. The first kappa shape index (κ1) is 20.2. The number of halogens is 4. The Morgan fingerprint density at radius 3 is 2.59 bits per heavy atom. The predicted octanol–water partition coefficient (Wildman–Crippen LogP) is 1.82. The van der Waals surface area contributed by atoms with Crippen LogP contribution in [0.1, 0.15) is 23.0 Å². The molecule has 0 saturated heterocycles. The molecule has 1 unspecified atom stereocenters. The summed E-state index contributed by atoms with van der Waals surface area (Å²) in [6.07, 6.45) is -3.47. The number of amides is 2. The van der Waals surface area contributed by atoms with E-state index < -0.39 is 47.8 Å². The molecule has 0 spiro atoms. The van der Waals surface area contributed by atoms with Gasteiger partial charge in [-0.2, -0.15) is 18.3 Å². The summed E-state index contributed by atoms with van der Waals surface area (Å²) >= 11 is 0. The van der Waals surface area contributed by atoms with Gasteiger partial charge in [0.25, 0.3) is 5.91 Å². The summed E-state index contributed by atoms with van der Waals surface area (Å²) in [5.41, 5.74) is 0.459. The Morgan fingerprint density at radius 2 is 2.00 bits per heavy atom. The van der Waals surface area contributed by atoms with Crippen LogP contribution in [0.5, 0.6) is 5.75 Å². The van der Waals surface area contributed by atoms with E-state index in [-0.39, 0.29) is 0 Å². The first-order valence-corrected chi connectivity index (χ1v) is 7.68. The normalized spacial score (nSPS) is 12.5. The van der Waals surface area contributed by atoms with E-state index in [2.05, 4.69) is 10.4 Å². The Bertz CT molecular complexity index is 864. The van der Waals surface area contributed by atoms with Crippen molar-refractivity contribution >= 4 is 11.8 Å². The fourth-order valence-corrected chi connectivity index (χ4v) is 2.20. The number of rotatable bonds is 5. The number of nitrogens with zero attached hydrogens (tertiary/aromatic N) is 2. The molecule has 2 rings (SSSR count). The van der Waals surface area contributed by atoms with Crippen LogP contribution >= 0.6 is 0 Å². The molecule has 1 heterocycles. The molecule has 0 aliphatic rings. The Labute approximate surface area is 151 Å². The van der Waals surface area contributed by atoms with Crippen LogP contribution in [0.2, 0.25) is 0 Å². The van der Waals surface area contributed by atoms with Crippen molar-refractivity contribution < 1.29 is 32.3 Å². The first-order chi connectivity index (χ1) is 12.5. The van der Waals surface area contributed by atoms with E-state index in [9.17, 15) is 32.3 Å².